The van der Waals surface area contributed by atoms with Crippen molar-refractivity contribution in [2.75, 3.05) is 58.9 Å². The largest absolute Gasteiger partial charge is 0.311 e. The molecule has 0 radical (unpaired) electrons. The van der Waals surface area contributed by atoms with Gasteiger partial charge in [0.2, 0.25) is 0 Å². The number of nitrogens with one attached hydrogen (secondary N) is 10. The standard InChI is InChI=1S/C86H183N11/c1-13-22-30-35-38-42-48-58-72-89-84(88-71-57-47-37-32-24-15-3,93-78-81(21-9)64-28-19-7)69-54-45-41-40-44-53-67-83(87-70-29-20-8)85(90-73-55-27-18-6,91-74-56-34-26-17-5)86(92-75-59-46-33-25-16-4,96-82-65-51-50-52-66-82)97(94-76-60-49-43-39-36-31-23-14-2)95-77-68-80(12)63-61-62-79(10)11/h79-83,87-96H,13-78H2,1-12H3. The lowest BCUT2D eigenvalue weighted by atomic mass is 9.84. The van der Waals surface area contributed by atoms with E-state index in [4.69, 9.17) is 5.32 Å². The first kappa shape index (κ1) is 94.6. The van der Waals surface area contributed by atoms with E-state index in [-0.39, 0.29) is 11.8 Å². The minimum Gasteiger partial charge on any atom is -0.311 e. The lowest BCUT2D eigenvalue weighted by Gasteiger charge is -2.61. The van der Waals surface area contributed by atoms with Gasteiger partial charge >= 0.3 is 0 Å². The Labute approximate surface area is 610 Å². The van der Waals surface area contributed by atoms with Crippen molar-refractivity contribution in [3.05, 3.63) is 0 Å². The SMILES string of the molecule is CCCCCCCCCCNN(NCCC(C)CCCC(C)C)C(NCCCCCCC)(NC1CCCCC1)C(NCCCCC)(NCCCCCC)C(CCCCCCCCC(NCCCCCCCC)(NCCCCCCCCCC)NCC(CC)CCCC)NCCCC. The van der Waals surface area contributed by atoms with Gasteiger partial charge in [-0.05, 0) is 147 Å². The summed E-state index contributed by atoms with van der Waals surface area (Å²) >= 11 is 0. The zero-order valence-corrected chi connectivity index (χ0v) is 68.5. The summed E-state index contributed by atoms with van der Waals surface area (Å²) in [6, 6.07) is 0.579. The molecule has 0 saturated heterocycles. The molecule has 11 heteroatoms. The number of nitrogens with zero attached hydrogens (tertiary/aromatic N) is 1. The average Bonchev–Trinajstić information content (AvgIpc) is 0.733. The first-order chi connectivity index (χ1) is 47.6. The van der Waals surface area contributed by atoms with Gasteiger partial charge in [-0.1, -0.05) is 359 Å². The van der Waals surface area contributed by atoms with Crippen LogP contribution in [0.15, 0.2) is 0 Å². The van der Waals surface area contributed by atoms with Crippen molar-refractivity contribution in [3.8, 4) is 0 Å². The maximum Gasteiger partial charge on any atom is 0.186 e. The van der Waals surface area contributed by atoms with Crippen LogP contribution in [0, 0.1) is 17.8 Å². The predicted molar refractivity (Wildman–Crippen MR) is 434 cm³/mol. The summed E-state index contributed by atoms with van der Waals surface area (Å²) in [5.74, 6) is 1.27. The van der Waals surface area contributed by atoms with E-state index in [1.807, 2.05) is 0 Å². The second-order valence-corrected chi connectivity index (χ2v) is 32.1. The predicted octanol–water partition coefficient (Wildman–Crippen LogP) is 23.1. The molecule has 0 aromatic heterocycles. The number of rotatable bonds is 79. The van der Waals surface area contributed by atoms with E-state index in [1.165, 1.54) is 353 Å². The molecule has 0 aromatic rings. The van der Waals surface area contributed by atoms with E-state index in [1.54, 1.807) is 0 Å². The molecule has 1 saturated carbocycles. The van der Waals surface area contributed by atoms with Gasteiger partial charge in [-0.3, -0.25) is 37.2 Å². The van der Waals surface area contributed by atoms with E-state index >= 15 is 0 Å². The zero-order chi connectivity index (χ0) is 70.7. The monoisotopic (exact) mass is 1370 g/mol. The lowest BCUT2D eigenvalue weighted by molar-refractivity contribution is -0.152. The fourth-order valence-corrected chi connectivity index (χ4v) is 15.5. The Morgan fingerprint density at radius 3 is 1.24 bits per heavy atom. The molecule has 97 heavy (non-hydrogen) atoms. The van der Waals surface area contributed by atoms with Crippen molar-refractivity contribution in [2.45, 2.75) is 478 Å². The summed E-state index contributed by atoms with van der Waals surface area (Å²) in [7, 11) is 0. The van der Waals surface area contributed by atoms with Gasteiger partial charge in [-0.2, -0.15) is 0 Å². The van der Waals surface area contributed by atoms with E-state index in [0.717, 1.165) is 83.6 Å². The highest BCUT2D eigenvalue weighted by atomic mass is 15.8. The van der Waals surface area contributed by atoms with Crippen LogP contribution in [0.25, 0.3) is 0 Å². The summed E-state index contributed by atoms with van der Waals surface area (Å²) in [5, 5.41) is 38.7. The Morgan fingerprint density at radius 2 is 0.742 bits per heavy atom. The fraction of sp³-hybridized carbons (Fsp3) is 1.00. The third-order valence-electron chi connectivity index (χ3n) is 22.3. The summed E-state index contributed by atoms with van der Waals surface area (Å²) in [4.78, 5) is 0. The van der Waals surface area contributed by atoms with E-state index < -0.39 is 11.4 Å². The molecular formula is C86H183N11. The normalized spacial score (nSPS) is 16.1. The zero-order valence-electron chi connectivity index (χ0n) is 68.5. The van der Waals surface area contributed by atoms with Gasteiger partial charge in [0.15, 0.2) is 5.79 Å². The quantitative estimate of drug-likeness (QED) is 0.0163. The first-order valence-electron chi connectivity index (χ1n) is 44.8. The average molecular weight is 1370 g/mol. The Bertz CT molecular complexity index is 1570. The summed E-state index contributed by atoms with van der Waals surface area (Å²) in [5.41, 5.74) is 8.14. The molecule has 1 rings (SSSR count). The first-order valence-corrected chi connectivity index (χ1v) is 44.8. The molecule has 1 aliphatic carbocycles. The molecule has 0 aromatic carbocycles. The fourth-order valence-electron chi connectivity index (χ4n) is 15.5. The Hall–Kier alpha value is -0.440. The molecule has 0 spiro atoms. The van der Waals surface area contributed by atoms with E-state index in [2.05, 4.69) is 136 Å². The second-order valence-electron chi connectivity index (χ2n) is 32.1. The van der Waals surface area contributed by atoms with Gasteiger partial charge < -0.3 is 5.32 Å². The minimum atomic E-state index is -0.708. The minimum absolute atomic E-state index is 0.167. The molecule has 0 bridgehead atoms. The molecule has 0 aliphatic heterocycles. The van der Waals surface area contributed by atoms with Crippen LogP contribution in [0.4, 0.5) is 0 Å². The topological polar surface area (TPSA) is 124 Å². The highest BCUT2D eigenvalue weighted by Gasteiger charge is 2.60. The number of hydrogen-bond donors (Lipinski definition) is 10. The van der Waals surface area contributed by atoms with Gasteiger partial charge in [-0.25, -0.2) is 10.9 Å². The van der Waals surface area contributed by atoms with Crippen LogP contribution in [0.1, 0.15) is 449 Å². The van der Waals surface area contributed by atoms with Gasteiger partial charge in [-0.15, -0.1) is 5.12 Å². The van der Waals surface area contributed by atoms with Crippen molar-refractivity contribution < 1.29 is 0 Å². The molecular weight excluding hydrogens is 1190 g/mol. The molecule has 11 nitrogen and oxygen atoms in total. The molecule has 1 aliphatic rings. The summed E-state index contributed by atoms with van der Waals surface area (Å²) < 4.78 is 0. The van der Waals surface area contributed by atoms with E-state index in [9.17, 15) is 0 Å². The van der Waals surface area contributed by atoms with Crippen LogP contribution in [0.5, 0.6) is 0 Å². The van der Waals surface area contributed by atoms with Crippen LogP contribution in [0.2, 0.25) is 0 Å². The molecule has 0 amide bonds. The van der Waals surface area contributed by atoms with Gasteiger partial charge in [0.05, 0.1) is 0 Å². The van der Waals surface area contributed by atoms with Crippen molar-refractivity contribution in [2.24, 2.45) is 17.8 Å². The van der Waals surface area contributed by atoms with E-state index in [0.29, 0.717) is 12.0 Å². The van der Waals surface area contributed by atoms with Crippen molar-refractivity contribution >= 4 is 0 Å². The molecule has 1 fully saturated rings. The Morgan fingerprint density at radius 1 is 0.330 bits per heavy atom. The number of hydrogen-bond acceptors (Lipinski definition) is 11. The molecule has 582 valence electrons. The van der Waals surface area contributed by atoms with Crippen molar-refractivity contribution in [3.63, 3.8) is 0 Å². The smallest absolute Gasteiger partial charge is 0.186 e. The van der Waals surface area contributed by atoms with Crippen LogP contribution >= 0.6 is 0 Å². The maximum absolute atomic E-state index is 4.77. The van der Waals surface area contributed by atoms with Crippen molar-refractivity contribution in [1.82, 2.24) is 58.5 Å². The number of hydrazine groups is 2. The third kappa shape index (κ3) is 48.3. The highest BCUT2D eigenvalue weighted by Crippen LogP contribution is 2.33. The summed E-state index contributed by atoms with van der Waals surface area (Å²) in [6.07, 6.45) is 73.8. The summed E-state index contributed by atoms with van der Waals surface area (Å²) in [6.45, 7) is 37.9. The third-order valence-corrected chi connectivity index (χ3v) is 22.3. The lowest BCUT2D eigenvalue weighted by Crippen LogP contribution is -2.94. The van der Waals surface area contributed by atoms with Gasteiger partial charge in [0.25, 0.3) is 0 Å². The highest BCUT2D eigenvalue weighted by molar-refractivity contribution is 5.13. The second kappa shape index (κ2) is 68.7. The van der Waals surface area contributed by atoms with Crippen LogP contribution in [0.3, 0.4) is 0 Å². The van der Waals surface area contributed by atoms with Crippen LogP contribution < -0.4 is 53.4 Å². The van der Waals surface area contributed by atoms with Crippen molar-refractivity contribution in [1.29, 1.82) is 0 Å². The molecule has 0 heterocycles. The van der Waals surface area contributed by atoms with Gasteiger partial charge in [0.1, 0.15) is 11.4 Å². The van der Waals surface area contributed by atoms with Crippen LogP contribution in [-0.2, 0) is 0 Å². The Kier molecular flexibility index (Phi) is 66.9. The molecule has 6 unspecified atom stereocenters. The number of unbranched alkanes of at least 4 members (excludes halogenated alkanes) is 35. The Balaban J connectivity index is 4.03. The molecule has 10 N–H and O–H groups in total. The molecule has 6 atom stereocenters. The van der Waals surface area contributed by atoms with Gasteiger partial charge in [0, 0.05) is 31.7 Å². The van der Waals surface area contributed by atoms with Crippen LogP contribution in [-0.4, -0.2) is 93.3 Å². The maximum atomic E-state index is 4.77.